The minimum atomic E-state index is -0.888. The maximum absolute atomic E-state index is 13.5. The SMILES string of the molecule is NC(COC1CCOCC1)c1cccc(F)c1F. The second-order valence-corrected chi connectivity index (χ2v) is 4.39. The predicted molar refractivity (Wildman–Crippen MR) is 63.1 cm³/mol. The van der Waals surface area contributed by atoms with E-state index in [0.29, 0.717) is 13.2 Å². The fourth-order valence-corrected chi connectivity index (χ4v) is 1.98. The molecule has 0 aliphatic carbocycles. The van der Waals surface area contributed by atoms with Crippen molar-refractivity contribution < 1.29 is 18.3 Å². The van der Waals surface area contributed by atoms with Gasteiger partial charge >= 0.3 is 0 Å². The van der Waals surface area contributed by atoms with Crippen LogP contribution in [0.2, 0.25) is 0 Å². The Balaban J connectivity index is 1.90. The van der Waals surface area contributed by atoms with Crippen LogP contribution >= 0.6 is 0 Å². The fourth-order valence-electron chi connectivity index (χ4n) is 1.98. The third-order valence-corrected chi connectivity index (χ3v) is 3.06. The lowest BCUT2D eigenvalue weighted by Gasteiger charge is -2.24. The zero-order chi connectivity index (χ0) is 13.0. The predicted octanol–water partition coefficient (Wildman–Crippen LogP) is 2.16. The maximum atomic E-state index is 13.5. The summed E-state index contributed by atoms with van der Waals surface area (Å²) in [6.07, 6.45) is 1.73. The minimum Gasteiger partial charge on any atom is -0.381 e. The van der Waals surface area contributed by atoms with E-state index in [9.17, 15) is 8.78 Å². The van der Waals surface area contributed by atoms with E-state index in [1.807, 2.05) is 0 Å². The highest BCUT2D eigenvalue weighted by Crippen LogP contribution is 2.19. The normalized spacial score (nSPS) is 18.8. The molecular formula is C13H17F2NO2. The zero-order valence-electron chi connectivity index (χ0n) is 10.1. The lowest BCUT2D eigenvalue weighted by Crippen LogP contribution is -2.28. The summed E-state index contributed by atoms with van der Waals surface area (Å²) in [5, 5.41) is 0. The van der Waals surface area contributed by atoms with Crippen LogP contribution in [0.25, 0.3) is 0 Å². The first-order valence-corrected chi connectivity index (χ1v) is 6.07. The molecule has 0 radical (unpaired) electrons. The Hall–Kier alpha value is -1.04. The highest BCUT2D eigenvalue weighted by atomic mass is 19.2. The Kier molecular flexibility index (Phi) is 4.63. The van der Waals surface area contributed by atoms with E-state index < -0.39 is 17.7 Å². The summed E-state index contributed by atoms with van der Waals surface area (Å²) in [5.41, 5.74) is 5.97. The first kappa shape index (κ1) is 13.4. The molecule has 1 aromatic carbocycles. The van der Waals surface area contributed by atoms with Gasteiger partial charge in [-0.25, -0.2) is 8.78 Å². The minimum absolute atomic E-state index is 0.0985. The van der Waals surface area contributed by atoms with Crippen molar-refractivity contribution in [3.05, 3.63) is 35.4 Å². The summed E-state index contributed by atoms with van der Waals surface area (Å²) >= 11 is 0. The molecule has 2 rings (SSSR count). The first-order valence-electron chi connectivity index (χ1n) is 6.07. The molecule has 0 amide bonds. The average Bonchev–Trinajstić information content (AvgIpc) is 2.40. The Morgan fingerprint density at radius 2 is 2.06 bits per heavy atom. The number of hydrogen-bond donors (Lipinski definition) is 1. The smallest absolute Gasteiger partial charge is 0.163 e. The van der Waals surface area contributed by atoms with Crippen LogP contribution in [0.1, 0.15) is 24.4 Å². The molecule has 3 nitrogen and oxygen atoms in total. The molecule has 1 atom stereocenters. The van der Waals surface area contributed by atoms with Crippen LogP contribution < -0.4 is 5.73 Å². The van der Waals surface area contributed by atoms with Crippen molar-refractivity contribution >= 4 is 0 Å². The van der Waals surface area contributed by atoms with Gasteiger partial charge in [0, 0.05) is 18.8 Å². The average molecular weight is 257 g/mol. The van der Waals surface area contributed by atoms with Gasteiger partial charge in [0.15, 0.2) is 11.6 Å². The van der Waals surface area contributed by atoms with Gasteiger partial charge in [-0.15, -0.1) is 0 Å². The van der Waals surface area contributed by atoms with Gasteiger partial charge in [-0.2, -0.15) is 0 Å². The van der Waals surface area contributed by atoms with Crippen molar-refractivity contribution in [2.45, 2.75) is 25.0 Å². The van der Waals surface area contributed by atoms with Gasteiger partial charge in [0.1, 0.15) is 0 Å². The molecule has 1 aliphatic rings. The van der Waals surface area contributed by atoms with Crippen molar-refractivity contribution in [1.29, 1.82) is 0 Å². The molecule has 5 heteroatoms. The number of hydrogen-bond acceptors (Lipinski definition) is 3. The van der Waals surface area contributed by atoms with E-state index in [0.717, 1.165) is 18.9 Å². The molecule has 100 valence electrons. The highest BCUT2D eigenvalue weighted by Gasteiger charge is 2.18. The van der Waals surface area contributed by atoms with Gasteiger partial charge in [0.25, 0.3) is 0 Å². The van der Waals surface area contributed by atoms with Crippen molar-refractivity contribution in [3.8, 4) is 0 Å². The molecule has 0 aromatic heterocycles. The van der Waals surface area contributed by atoms with E-state index in [-0.39, 0.29) is 18.3 Å². The summed E-state index contributed by atoms with van der Waals surface area (Å²) in [4.78, 5) is 0. The number of halogens is 2. The zero-order valence-corrected chi connectivity index (χ0v) is 10.1. The molecule has 2 N–H and O–H groups in total. The van der Waals surface area contributed by atoms with Crippen LogP contribution in [0, 0.1) is 11.6 Å². The Labute approximate surface area is 105 Å². The second kappa shape index (κ2) is 6.22. The van der Waals surface area contributed by atoms with Crippen LogP contribution in [0.3, 0.4) is 0 Å². The number of rotatable bonds is 4. The molecule has 18 heavy (non-hydrogen) atoms. The van der Waals surface area contributed by atoms with Gasteiger partial charge in [-0.3, -0.25) is 0 Å². The molecule has 1 unspecified atom stereocenters. The standard InChI is InChI=1S/C13H17F2NO2/c14-11-3-1-2-10(13(11)15)12(16)8-18-9-4-6-17-7-5-9/h1-3,9,12H,4-8,16H2. The molecule has 1 aliphatic heterocycles. The summed E-state index contributed by atoms with van der Waals surface area (Å²) in [6, 6.07) is 3.35. The van der Waals surface area contributed by atoms with Crippen LogP contribution in [-0.2, 0) is 9.47 Å². The van der Waals surface area contributed by atoms with Crippen LogP contribution in [0.4, 0.5) is 8.78 Å². The largest absolute Gasteiger partial charge is 0.381 e. The van der Waals surface area contributed by atoms with Gasteiger partial charge in [-0.05, 0) is 18.9 Å². The Morgan fingerprint density at radius 1 is 1.33 bits per heavy atom. The third-order valence-electron chi connectivity index (χ3n) is 3.06. The fraction of sp³-hybridized carbons (Fsp3) is 0.538. The maximum Gasteiger partial charge on any atom is 0.163 e. The number of nitrogens with two attached hydrogens (primary N) is 1. The monoisotopic (exact) mass is 257 g/mol. The van der Waals surface area contributed by atoms with E-state index in [4.69, 9.17) is 15.2 Å². The molecule has 1 fully saturated rings. The van der Waals surface area contributed by atoms with Crippen molar-refractivity contribution in [2.75, 3.05) is 19.8 Å². The van der Waals surface area contributed by atoms with E-state index in [1.54, 1.807) is 0 Å². The summed E-state index contributed by atoms with van der Waals surface area (Å²) < 4.78 is 37.3. The molecule has 0 spiro atoms. The molecule has 1 aromatic rings. The summed E-state index contributed by atoms with van der Waals surface area (Å²) in [7, 11) is 0. The molecular weight excluding hydrogens is 240 g/mol. The highest BCUT2D eigenvalue weighted by molar-refractivity contribution is 5.22. The van der Waals surface area contributed by atoms with Crippen molar-refractivity contribution in [3.63, 3.8) is 0 Å². The number of ether oxygens (including phenoxy) is 2. The molecule has 1 heterocycles. The summed E-state index contributed by atoms with van der Waals surface area (Å²) in [5.74, 6) is -1.77. The molecule has 0 bridgehead atoms. The van der Waals surface area contributed by atoms with Crippen molar-refractivity contribution in [1.82, 2.24) is 0 Å². The first-order chi connectivity index (χ1) is 8.68. The molecule has 0 saturated carbocycles. The third kappa shape index (κ3) is 3.25. The lowest BCUT2D eigenvalue weighted by atomic mass is 10.1. The Morgan fingerprint density at radius 3 is 2.78 bits per heavy atom. The quantitative estimate of drug-likeness (QED) is 0.899. The van der Waals surface area contributed by atoms with Crippen molar-refractivity contribution in [2.24, 2.45) is 5.73 Å². The van der Waals surface area contributed by atoms with E-state index in [1.165, 1.54) is 12.1 Å². The lowest BCUT2D eigenvalue weighted by molar-refractivity contribution is -0.0360. The number of benzene rings is 1. The van der Waals surface area contributed by atoms with Gasteiger partial charge in [-0.1, -0.05) is 12.1 Å². The van der Waals surface area contributed by atoms with Gasteiger partial charge < -0.3 is 15.2 Å². The van der Waals surface area contributed by atoms with Gasteiger partial charge in [0.2, 0.25) is 0 Å². The van der Waals surface area contributed by atoms with Crippen LogP contribution in [0.15, 0.2) is 18.2 Å². The van der Waals surface area contributed by atoms with Crippen LogP contribution in [0.5, 0.6) is 0 Å². The van der Waals surface area contributed by atoms with E-state index >= 15 is 0 Å². The Bertz CT molecular complexity index is 395. The van der Waals surface area contributed by atoms with E-state index in [2.05, 4.69) is 0 Å². The van der Waals surface area contributed by atoms with Gasteiger partial charge in [0.05, 0.1) is 18.8 Å². The molecule has 1 saturated heterocycles. The second-order valence-electron chi connectivity index (χ2n) is 4.39. The van der Waals surface area contributed by atoms with Crippen LogP contribution in [-0.4, -0.2) is 25.9 Å². The topological polar surface area (TPSA) is 44.5 Å². The summed E-state index contributed by atoms with van der Waals surface area (Å²) in [6.45, 7) is 1.54.